The number of H-pyrrole nitrogens is 1. The molecule has 0 bridgehead atoms. The van der Waals surface area contributed by atoms with Gasteiger partial charge in [0.2, 0.25) is 0 Å². The molecule has 0 spiro atoms. The van der Waals surface area contributed by atoms with Crippen LogP contribution in [-0.4, -0.2) is 36.5 Å². The van der Waals surface area contributed by atoms with Crippen molar-refractivity contribution in [2.45, 2.75) is 4.90 Å². The average molecular weight is 419 g/mol. The Morgan fingerprint density at radius 3 is 2.11 bits per heavy atom. The van der Waals surface area contributed by atoms with Gasteiger partial charge in [0.05, 0.1) is 28.0 Å². The first kappa shape index (κ1) is 19.6. The van der Waals surface area contributed by atoms with E-state index >= 15 is 0 Å². The summed E-state index contributed by atoms with van der Waals surface area (Å²) in [5, 5.41) is 5.38. The SMILES string of the molecule is CS(=O)(=O)c1ccc(C(=O)Nc2ccc(NC(=O)c3cnc[nH]3)cc2)c(Cl)c1. The van der Waals surface area contributed by atoms with Crippen molar-refractivity contribution in [1.82, 2.24) is 9.97 Å². The van der Waals surface area contributed by atoms with Crippen molar-refractivity contribution in [2.24, 2.45) is 0 Å². The lowest BCUT2D eigenvalue weighted by atomic mass is 10.2. The van der Waals surface area contributed by atoms with Crippen LogP contribution >= 0.6 is 11.6 Å². The Morgan fingerprint density at radius 1 is 1.00 bits per heavy atom. The van der Waals surface area contributed by atoms with Gasteiger partial charge in [0.15, 0.2) is 9.84 Å². The first-order valence-electron chi connectivity index (χ1n) is 7.95. The van der Waals surface area contributed by atoms with Gasteiger partial charge in [-0.15, -0.1) is 0 Å². The van der Waals surface area contributed by atoms with Gasteiger partial charge in [0, 0.05) is 17.6 Å². The van der Waals surface area contributed by atoms with E-state index in [0.717, 1.165) is 6.26 Å². The van der Waals surface area contributed by atoms with Crippen LogP contribution in [0.4, 0.5) is 11.4 Å². The number of carbonyl (C=O) groups excluding carboxylic acids is 2. The molecule has 0 atom stereocenters. The predicted octanol–water partition coefficient (Wildman–Crippen LogP) is 2.97. The van der Waals surface area contributed by atoms with Gasteiger partial charge in [-0.05, 0) is 42.5 Å². The second-order valence-electron chi connectivity index (χ2n) is 5.86. The van der Waals surface area contributed by atoms with Crippen LogP contribution in [0.1, 0.15) is 20.8 Å². The zero-order valence-electron chi connectivity index (χ0n) is 14.6. The fraction of sp³-hybridized carbons (Fsp3) is 0.0556. The number of rotatable bonds is 5. The first-order valence-corrected chi connectivity index (χ1v) is 10.2. The molecule has 1 aromatic heterocycles. The fourth-order valence-electron chi connectivity index (χ4n) is 2.32. The average Bonchev–Trinajstić information content (AvgIpc) is 3.17. The van der Waals surface area contributed by atoms with Gasteiger partial charge in [-0.2, -0.15) is 0 Å². The summed E-state index contributed by atoms with van der Waals surface area (Å²) in [5.74, 6) is -0.827. The molecule has 0 saturated carbocycles. The zero-order chi connectivity index (χ0) is 20.3. The van der Waals surface area contributed by atoms with Gasteiger partial charge >= 0.3 is 0 Å². The monoisotopic (exact) mass is 418 g/mol. The molecular formula is C18H15ClN4O4S. The normalized spacial score (nSPS) is 11.1. The summed E-state index contributed by atoms with van der Waals surface area (Å²) in [7, 11) is -3.41. The highest BCUT2D eigenvalue weighted by Crippen LogP contribution is 2.22. The molecule has 2 aromatic carbocycles. The molecule has 1 heterocycles. The largest absolute Gasteiger partial charge is 0.341 e. The summed E-state index contributed by atoms with van der Waals surface area (Å²) in [6, 6.07) is 10.4. The molecule has 0 aliphatic rings. The molecule has 3 aromatic rings. The summed E-state index contributed by atoms with van der Waals surface area (Å²) in [4.78, 5) is 30.9. The van der Waals surface area contributed by atoms with Crippen molar-refractivity contribution in [2.75, 3.05) is 16.9 Å². The van der Waals surface area contributed by atoms with E-state index in [1.54, 1.807) is 24.3 Å². The molecule has 3 N–H and O–H groups in total. The number of imidazole rings is 1. The number of hydrogen-bond acceptors (Lipinski definition) is 5. The lowest BCUT2D eigenvalue weighted by Crippen LogP contribution is -2.14. The topological polar surface area (TPSA) is 121 Å². The van der Waals surface area contributed by atoms with Crippen LogP contribution < -0.4 is 10.6 Å². The fourth-order valence-corrected chi connectivity index (χ4v) is 3.30. The summed E-state index contributed by atoms with van der Waals surface area (Å²) < 4.78 is 23.1. The van der Waals surface area contributed by atoms with Crippen molar-refractivity contribution in [3.63, 3.8) is 0 Å². The second-order valence-corrected chi connectivity index (χ2v) is 8.29. The quantitative estimate of drug-likeness (QED) is 0.588. The Bertz CT molecular complexity index is 1130. The van der Waals surface area contributed by atoms with Crippen molar-refractivity contribution >= 4 is 44.6 Å². The molecular weight excluding hydrogens is 404 g/mol. The molecule has 10 heteroatoms. The van der Waals surface area contributed by atoms with Gasteiger partial charge in [0.25, 0.3) is 11.8 Å². The number of amides is 2. The smallest absolute Gasteiger partial charge is 0.273 e. The van der Waals surface area contributed by atoms with E-state index in [9.17, 15) is 18.0 Å². The van der Waals surface area contributed by atoms with Crippen LogP contribution in [0.3, 0.4) is 0 Å². The lowest BCUT2D eigenvalue weighted by molar-refractivity contribution is 0.101. The minimum Gasteiger partial charge on any atom is -0.341 e. The molecule has 2 amide bonds. The van der Waals surface area contributed by atoms with Crippen molar-refractivity contribution < 1.29 is 18.0 Å². The Labute approximate surface area is 165 Å². The molecule has 0 saturated heterocycles. The molecule has 0 radical (unpaired) electrons. The molecule has 0 fully saturated rings. The number of sulfone groups is 1. The van der Waals surface area contributed by atoms with Gasteiger partial charge in [0.1, 0.15) is 5.69 Å². The lowest BCUT2D eigenvalue weighted by Gasteiger charge is -2.09. The maximum Gasteiger partial charge on any atom is 0.273 e. The minimum absolute atomic E-state index is 0.0314. The molecule has 3 rings (SSSR count). The van der Waals surface area contributed by atoms with E-state index in [-0.39, 0.29) is 21.4 Å². The minimum atomic E-state index is -3.41. The summed E-state index contributed by atoms with van der Waals surface area (Å²) in [6.45, 7) is 0. The number of nitrogens with zero attached hydrogens (tertiary/aromatic N) is 1. The maximum atomic E-state index is 12.4. The Hall–Kier alpha value is -3.17. The number of benzene rings is 2. The van der Waals surface area contributed by atoms with E-state index in [1.165, 1.54) is 30.7 Å². The number of halogens is 1. The predicted molar refractivity (Wildman–Crippen MR) is 105 cm³/mol. The highest BCUT2D eigenvalue weighted by molar-refractivity contribution is 7.90. The van der Waals surface area contributed by atoms with E-state index in [4.69, 9.17) is 11.6 Å². The van der Waals surface area contributed by atoms with Crippen LogP contribution in [-0.2, 0) is 9.84 Å². The number of nitrogens with one attached hydrogen (secondary N) is 3. The molecule has 8 nitrogen and oxygen atoms in total. The van der Waals surface area contributed by atoms with E-state index in [0.29, 0.717) is 17.1 Å². The number of aromatic nitrogens is 2. The number of carbonyl (C=O) groups is 2. The summed E-state index contributed by atoms with van der Waals surface area (Å²) in [5.41, 5.74) is 1.48. The van der Waals surface area contributed by atoms with E-state index < -0.39 is 15.7 Å². The molecule has 28 heavy (non-hydrogen) atoms. The van der Waals surface area contributed by atoms with Crippen LogP contribution in [0.25, 0.3) is 0 Å². The number of anilines is 2. The Morgan fingerprint density at radius 2 is 1.61 bits per heavy atom. The highest BCUT2D eigenvalue weighted by Gasteiger charge is 2.15. The molecule has 0 unspecified atom stereocenters. The second kappa shape index (κ2) is 7.83. The summed E-state index contributed by atoms with van der Waals surface area (Å²) >= 11 is 6.05. The number of aromatic amines is 1. The van der Waals surface area contributed by atoms with Crippen LogP contribution in [0.5, 0.6) is 0 Å². The molecule has 0 aliphatic carbocycles. The summed E-state index contributed by atoms with van der Waals surface area (Å²) in [6.07, 6.45) is 3.87. The number of hydrogen-bond donors (Lipinski definition) is 3. The maximum absolute atomic E-state index is 12.4. The molecule has 144 valence electrons. The van der Waals surface area contributed by atoms with Crippen molar-refractivity contribution in [1.29, 1.82) is 0 Å². The van der Waals surface area contributed by atoms with E-state index in [2.05, 4.69) is 20.6 Å². The van der Waals surface area contributed by atoms with Gasteiger partial charge in [-0.1, -0.05) is 11.6 Å². The van der Waals surface area contributed by atoms with Crippen molar-refractivity contribution in [3.8, 4) is 0 Å². The van der Waals surface area contributed by atoms with Gasteiger partial charge in [-0.25, -0.2) is 13.4 Å². The third-order valence-electron chi connectivity index (χ3n) is 3.76. The van der Waals surface area contributed by atoms with Crippen LogP contribution in [0.15, 0.2) is 59.9 Å². The van der Waals surface area contributed by atoms with Crippen LogP contribution in [0, 0.1) is 0 Å². The van der Waals surface area contributed by atoms with Crippen molar-refractivity contribution in [3.05, 3.63) is 71.3 Å². The van der Waals surface area contributed by atoms with Gasteiger partial charge in [-0.3, -0.25) is 9.59 Å². The standard InChI is InChI=1S/C18H15ClN4O4S/c1-28(26,27)13-6-7-14(15(19)8-13)17(24)22-11-2-4-12(5-3-11)23-18(25)16-9-20-10-21-16/h2-10H,1H3,(H,20,21)(H,22,24)(H,23,25). The third-order valence-corrected chi connectivity index (χ3v) is 5.18. The highest BCUT2D eigenvalue weighted by atomic mass is 35.5. The zero-order valence-corrected chi connectivity index (χ0v) is 16.1. The van der Waals surface area contributed by atoms with Crippen LogP contribution in [0.2, 0.25) is 5.02 Å². The third kappa shape index (κ3) is 4.56. The Balaban J connectivity index is 1.68. The van der Waals surface area contributed by atoms with Gasteiger partial charge < -0.3 is 15.6 Å². The first-order chi connectivity index (χ1) is 13.2. The van der Waals surface area contributed by atoms with E-state index in [1.807, 2.05) is 0 Å². The molecule has 0 aliphatic heterocycles. The Kier molecular flexibility index (Phi) is 5.48.